The standard InChI is InChI=1S/C10H16N2O2S/c1-6(4-13)7(2)11-10(14)9-5-15-12-8(9)3/h5-7,13H,4H2,1-3H3,(H,11,14). The predicted octanol–water partition coefficient (Wildman–Crippen LogP) is 1.20. The van der Waals surface area contributed by atoms with E-state index in [4.69, 9.17) is 5.11 Å². The van der Waals surface area contributed by atoms with Crippen molar-refractivity contribution in [3.63, 3.8) is 0 Å². The van der Waals surface area contributed by atoms with Crippen LogP contribution >= 0.6 is 11.5 Å². The summed E-state index contributed by atoms with van der Waals surface area (Å²) in [7, 11) is 0. The van der Waals surface area contributed by atoms with Gasteiger partial charge in [0.2, 0.25) is 0 Å². The summed E-state index contributed by atoms with van der Waals surface area (Å²) in [5.74, 6) is -0.0603. The zero-order chi connectivity index (χ0) is 11.4. The Labute approximate surface area is 93.5 Å². The molecule has 1 aromatic rings. The Morgan fingerprint density at radius 1 is 1.67 bits per heavy atom. The van der Waals surface area contributed by atoms with Gasteiger partial charge in [-0.1, -0.05) is 6.92 Å². The number of hydrogen-bond donors (Lipinski definition) is 2. The number of nitrogens with one attached hydrogen (secondary N) is 1. The summed E-state index contributed by atoms with van der Waals surface area (Å²) >= 11 is 1.28. The lowest BCUT2D eigenvalue weighted by Gasteiger charge is -2.18. The zero-order valence-electron chi connectivity index (χ0n) is 9.15. The maximum atomic E-state index is 11.7. The van der Waals surface area contributed by atoms with E-state index in [0.717, 1.165) is 5.69 Å². The van der Waals surface area contributed by atoms with Crippen molar-refractivity contribution in [2.24, 2.45) is 5.92 Å². The molecule has 1 rings (SSSR count). The number of nitrogens with zero attached hydrogens (tertiary/aromatic N) is 1. The maximum Gasteiger partial charge on any atom is 0.254 e. The fourth-order valence-corrected chi connectivity index (χ4v) is 1.79. The van der Waals surface area contributed by atoms with Gasteiger partial charge in [0.25, 0.3) is 5.91 Å². The average molecular weight is 228 g/mol. The lowest BCUT2D eigenvalue weighted by atomic mass is 10.0. The van der Waals surface area contributed by atoms with Crippen LogP contribution in [0.15, 0.2) is 5.38 Å². The average Bonchev–Trinajstić information content (AvgIpc) is 2.63. The Kier molecular flexibility index (Phi) is 4.23. The van der Waals surface area contributed by atoms with E-state index in [1.54, 1.807) is 5.38 Å². The van der Waals surface area contributed by atoms with E-state index in [9.17, 15) is 4.79 Å². The highest BCUT2D eigenvalue weighted by Crippen LogP contribution is 2.10. The third-order valence-corrected chi connectivity index (χ3v) is 3.22. The molecule has 1 amide bonds. The molecule has 0 aliphatic rings. The van der Waals surface area contributed by atoms with Crippen molar-refractivity contribution in [3.8, 4) is 0 Å². The Morgan fingerprint density at radius 3 is 2.80 bits per heavy atom. The highest BCUT2D eigenvalue weighted by atomic mass is 32.1. The molecule has 0 radical (unpaired) electrons. The second-order valence-electron chi connectivity index (χ2n) is 3.74. The SMILES string of the molecule is Cc1nscc1C(=O)NC(C)C(C)CO. The summed E-state index contributed by atoms with van der Waals surface area (Å²) in [6.45, 7) is 5.66. The van der Waals surface area contributed by atoms with Gasteiger partial charge in [-0.25, -0.2) is 0 Å². The van der Waals surface area contributed by atoms with Gasteiger partial charge in [-0.15, -0.1) is 0 Å². The number of aliphatic hydroxyl groups excluding tert-OH is 1. The lowest BCUT2D eigenvalue weighted by Crippen LogP contribution is -2.38. The Morgan fingerprint density at radius 2 is 2.33 bits per heavy atom. The van der Waals surface area contributed by atoms with E-state index in [2.05, 4.69) is 9.69 Å². The van der Waals surface area contributed by atoms with E-state index in [-0.39, 0.29) is 24.5 Å². The van der Waals surface area contributed by atoms with E-state index in [1.807, 2.05) is 20.8 Å². The molecule has 84 valence electrons. The molecule has 2 unspecified atom stereocenters. The van der Waals surface area contributed by atoms with Crippen molar-refractivity contribution in [1.29, 1.82) is 0 Å². The molecule has 0 aliphatic carbocycles. The predicted molar refractivity (Wildman–Crippen MR) is 60.0 cm³/mol. The highest BCUT2D eigenvalue weighted by molar-refractivity contribution is 7.03. The molecule has 2 N–H and O–H groups in total. The molecule has 1 heterocycles. The largest absolute Gasteiger partial charge is 0.396 e. The fourth-order valence-electron chi connectivity index (χ4n) is 1.10. The van der Waals surface area contributed by atoms with Crippen LogP contribution in [-0.2, 0) is 0 Å². The van der Waals surface area contributed by atoms with Crippen molar-refractivity contribution >= 4 is 17.4 Å². The molecule has 0 saturated carbocycles. The lowest BCUT2D eigenvalue weighted by molar-refractivity contribution is 0.0916. The van der Waals surface area contributed by atoms with Crippen LogP contribution in [-0.4, -0.2) is 28.0 Å². The maximum absolute atomic E-state index is 11.7. The summed E-state index contributed by atoms with van der Waals surface area (Å²) in [6, 6.07) is -0.0400. The second-order valence-corrected chi connectivity index (χ2v) is 4.36. The quantitative estimate of drug-likeness (QED) is 0.814. The Bertz CT molecular complexity index is 338. The van der Waals surface area contributed by atoms with Gasteiger partial charge in [0.05, 0.1) is 11.3 Å². The molecule has 15 heavy (non-hydrogen) atoms. The molecule has 0 fully saturated rings. The summed E-state index contributed by atoms with van der Waals surface area (Å²) in [4.78, 5) is 11.7. The molecule has 0 aromatic carbocycles. The van der Waals surface area contributed by atoms with Gasteiger partial charge in [0, 0.05) is 18.0 Å². The summed E-state index contributed by atoms with van der Waals surface area (Å²) < 4.78 is 4.04. The zero-order valence-corrected chi connectivity index (χ0v) is 9.97. The molecule has 2 atom stereocenters. The van der Waals surface area contributed by atoms with Crippen LogP contribution in [0.2, 0.25) is 0 Å². The number of rotatable bonds is 4. The minimum absolute atomic E-state index is 0.0400. The first kappa shape index (κ1) is 12.1. The molecular weight excluding hydrogens is 212 g/mol. The normalized spacial score (nSPS) is 14.7. The van der Waals surface area contributed by atoms with Gasteiger partial charge in [0.1, 0.15) is 0 Å². The number of amides is 1. The monoisotopic (exact) mass is 228 g/mol. The highest BCUT2D eigenvalue weighted by Gasteiger charge is 2.17. The molecular formula is C10H16N2O2S. The van der Waals surface area contributed by atoms with Crippen molar-refractivity contribution in [1.82, 2.24) is 9.69 Å². The van der Waals surface area contributed by atoms with Gasteiger partial charge in [0.15, 0.2) is 0 Å². The minimum Gasteiger partial charge on any atom is -0.396 e. The first-order chi connectivity index (χ1) is 7.06. The first-order valence-corrected chi connectivity index (χ1v) is 5.72. The van der Waals surface area contributed by atoms with E-state index in [1.165, 1.54) is 11.5 Å². The van der Waals surface area contributed by atoms with Gasteiger partial charge < -0.3 is 10.4 Å². The van der Waals surface area contributed by atoms with Gasteiger partial charge >= 0.3 is 0 Å². The molecule has 0 aliphatic heterocycles. The van der Waals surface area contributed by atoms with Gasteiger partial charge in [-0.05, 0) is 31.3 Å². The van der Waals surface area contributed by atoms with Crippen molar-refractivity contribution in [2.75, 3.05) is 6.61 Å². The Hall–Kier alpha value is -0.940. The minimum atomic E-state index is -0.117. The van der Waals surface area contributed by atoms with Crippen molar-refractivity contribution < 1.29 is 9.90 Å². The summed E-state index contributed by atoms with van der Waals surface area (Å²) in [6.07, 6.45) is 0. The molecule has 0 saturated heterocycles. The number of aryl methyl sites for hydroxylation is 1. The van der Waals surface area contributed by atoms with Crippen LogP contribution in [0.4, 0.5) is 0 Å². The van der Waals surface area contributed by atoms with Crippen LogP contribution in [0.25, 0.3) is 0 Å². The second kappa shape index (κ2) is 5.23. The van der Waals surface area contributed by atoms with E-state index in [0.29, 0.717) is 5.56 Å². The number of aliphatic hydroxyl groups is 1. The molecule has 5 heteroatoms. The third kappa shape index (κ3) is 3.00. The van der Waals surface area contributed by atoms with Gasteiger partial charge in [-0.3, -0.25) is 4.79 Å². The smallest absolute Gasteiger partial charge is 0.254 e. The van der Waals surface area contributed by atoms with Crippen molar-refractivity contribution in [3.05, 3.63) is 16.6 Å². The van der Waals surface area contributed by atoms with E-state index >= 15 is 0 Å². The van der Waals surface area contributed by atoms with Crippen molar-refractivity contribution in [2.45, 2.75) is 26.8 Å². The van der Waals surface area contributed by atoms with Crippen LogP contribution in [0.3, 0.4) is 0 Å². The number of carbonyl (C=O) groups is 1. The summed E-state index contributed by atoms with van der Waals surface area (Å²) in [5, 5.41) is 13.5. The van der Waals surface area contributed by atoms with Gasteiger partial charge in [-0.2, -0.15) is 4.37 Å². The molecule has 0 spiro atoms. The summed E-state index contributed by atoms with van der Waals surface area (Å²) in [5.41, 5.74) is 1.37. The van der Waals surface area contributed by atoms with Crippen LogP contribution < -0.4 is 5.32 Å². The van der Waals surface area contributed by atoms with Crippen LogP contribution in [0.1, 0.15) is 29.9 Å². The number of hydrogen-bond acceptors (Lipinski definition) is 4. The Balaban J connectivity index is 2.60. The van der Waals surface area contributed by atoms with Crippen LogP contribution in [0, 0.1) is 12.8 Å². The fraction of sp³-hybridized carbons (Fsp3) is 0.600. The first-order valence-electron chi connectivity index (χ1n) is 4.89. The molecule has 1 aromatic heterocycles. The third-order valence-electron chi connectivity index (χ3n) is 2.49. The van der Waals surface area contributed by atoms with E-state index < -0.39 is 0 Å². The molecule has 0 bridgehead atoms. The number of aromatic nitrogens is 1. The number of carbonyl (C=O) groups excluding carboxylic acids is 1. The topological polar surface area (TPSA) is 62.2 Å². The van der Waals surface area contributed by atoms with Crippen LogP contribution in [0.5, 0.6) is 0 Å². The molecule has 4 nitrogen and oxygen atoms in total.